The molecule has 1 saturated heterocycles. The van der Waals surface area contributed by atoms with Crippen molar-refractivity contribution in [1.29, 1.82) is 0 Å². The van der Waals surface area contributed by atoms with Gasteiger partial charge >= 0.3 is 0 Å². The van der Waals surface area contributed by atoms with Gasteiger partial charge < -0.3 is 10.5 Å². The van der Waals surface area contributed by atoms with Gasteiger partial charge in [-0.3, -0.25) is 4.31 Å². The van der Waals surface area contributed by atoms with Gasteiger partial charge in [-0.2, -0.15) is 0 Å². The Morgan fingerprint density at radius 2 is 2.17 bits per heavy atom. The van der Waals surface area contributed by atoms with E-state index in [4.69, 9.17) is 10.5 Å². The van der Waals surface area contributed by atoms with E-state index in [0.29, 0.717) is 31.1 Å². The highest BCUT2D eigenvalue weighted by atomic mass is 32.2. The number of para-hydroxylation sites is 2. The van der Waals surface area contributed by atoms with Gasteiger partial charge in [-0.15, -0.1) is 0 Å². The zero-order chi connectivity index (χ0) is 13.2. The molecule has 1 aromatic carbocycles. The first-order valence-electron chi connectivity index (χ1n) is 5.97. The van der Waals surface area contributed by atoms with Crippen molar-refractivity contribution in [2.75, 3.05) is 29.8 Å². The maximum absolute atomic E-state index is 12.0. The summed E-state index contributed by atoms with van der Waals surface area (Å²) in [7, 11) is -3.21. The lowest BCUT2D eigenvalue weighted by atomic mass is 10.2. The van der Waals surface area contributed by atoms with Crippen LogP contribution in [0.4, 0.5) is 5.69 Å². The maximum Gasteiger partial charge on any atom is 0.235 e. The molecule has 5 nitrogen and oxygen atoms in total. The van der Waals surface area contributed by atoms with Gasteiger partial charge in [0.25, 0.3) is 0 Å². The predicted molar refractivity (Wildman–Crippen MR) is 71.3 cm³/mol. The van der Waals surface area contributed by atoms with Crippen molar-refractivity contribution in [3.8, 4) is 5.75 Å². The highest BCUT2D eigenvalue weighted by Crippen LogP contribution is 2.34. The van der Waals surface area contributed by atoms with Crippen LogP contribution in [0.3, 0.4) is 0 Å². The van der Waals surface area contributed by atoms with E-state index in [0.717, 1.165) is 0 Å². The van der Waals surface area contributed by atoms with Crippen molar-refractivity contribution in [3.05, 3.63) is 24.3 Å². The summed E-state index contributed by atoms with van der Waals surface area (Å²) in [4.78, 5) is 0. The Kier molecular flexibility index (Phi) is 3.77. The van der Waals surface area contributed by atoms with Crippen LogP contribution in [0.2, 0.25) is 0 Å². The molecule has 2 rings (SSSR count). The molecule has 18 heavy (non-hydrogen) atoms. The zero-order valence-electron chi connectivity index (χ0n) is 10.4. The summed E-state index contributed by atoms with van der Waals surface area (Å²) in [6, 6.07) is 7.16. The van der Waals surface area contributed by atoms with Crippen molar-refractivity contribution in [2.24, 2.45) is 11.7 Å². The highest BCUT2D eigenvalue weighted by molar-refractivity contribution is 7.93. The van der Waals surface area contributed by atoms with Crippen LogP contribution >= 0.6 is 0 Å². The number of anilines is 1. The summed E-state index contributed by atoms with van der Waals surface area (Å²) in [5, 5.41) is 0. The summed E-state index contributed by atoms with van der Waals surface area (Å²) in [6.07, 6.45) is 0. The second kappa shape index (κ2) is 5.16. The Hall–Kier alpha value is -1.27. The molecule has 0 aliphatic carbocycles. The van der Waals surface area contributed by atoms with Gasteiger partial charge in [0.15, 0.2) is 0 Å². The van der Waals surface area contributed by atoms with Crippen LogP contribution < -0.4 is 14.8 Å². The van der Waals surface area contributed by atoms with Crippen LogP contribution in [0.1, 0.15) is 6.92 Å². The van der Waals surface area contributed by atoms with Crippen molar-refractivity contribution in [2.45, 2.75) is 6.92 Å². The molecule has 0 radical (unpaired) electrons. The molecule has 0 saturated carbocycles. The molecular weight excluding hydrogens is 252 g/mol. The monoisotopic (exact) mass is 270 g/mol. The lowest BCUT2D eigenvalue weighted by molar-refractivity contribution is 0.329. The molecule has 100 valence electrons. The third kappa shape index (κ3) is 2.59. The van der Waals surface area contributed by atoms with Gasteiger partial charge in [-0.25, -0.2) is 8.42 Å². The average molecular weight is 270 g/mol. The van der Waals surface area contributed by atoms with Crippen LogP contribution in [0.15, 0.2) is 24.3 Å². The van der Waals surface area contributed by atoms with Crippen molar-refractivity contribution in [1.82, 2.24) is 0 Å². The SMILES string of the molecule is CC1CN(c2ccccc2OCCN)S(=O)(=O)C1. The number of hydrogen-bond donors (Lipinski definition) is 1. The third-order valence-corrected chi connectivity index (χ3v) is 4.83. The van der Waals surface area contributed by atoms with Crippen molar-refractivity contribution < 1.29 is 13.2 Å². The molecule has 0 aromatic heterocycles. The molecule has 1 atom stereocenters. The van der Waals surface area contributed by atoms with Gasteiger partial charge in [0.2, 0.25) is 10.0 Å². The van der Waals surface area contributed by atoms with E-state index in [-0.39, 0.29) is 11.7 Å². The predicted octanol–water partition coefficient (Wildman–Crippen LogP) is 0.810. The van der Waals surface area contributed by atoms with E-state index < -0.39 is 10.0 Å². The van der Waals surface area contributed by atoms with Gasteiger partial charge in [0.1, 0.15) is 12.4 Å². The van der Waals surface area contributed by atoms with Gasteiger partial charge in [0.05, 0.1) is 11.4 Å². The van der Waals surface area contributed by atoms with Gasteiger partial charge in [0, 0.05) is 13.1 Å². The first-order chi connectivity index (χ1) is 8.54. The Bertz CT molecular complexity index is 516. The molecule has 1 unspecified atom stereocenters. The summed E-state index contributed by atoms with van der Waals surface area (Å²) in [5.41, 5.74) is 6.01. The Balaban J connectivity index is 2.33. The Morgan fingerprint density at radius 3 is 2.78 bits per heavy atom. The number of nitrogens with two attached hydrogens (primary N) is 1. The molecule has 0 amide bonds. The molecule has 1 aliphatic rings. The smallest absolute Gasteiger partial charge is 0.235 e. The standard InChI is InChI=1S/C12H18N2O3S/c1-10-8-14(18(15,16)9-10)11-4-2-3-5-12(11)17-7-6-13/h2-5,10H,6-9,13H2,1H3. The van der Waals surface area contributed by atoms with Crippen LogP contribution in [0.25, 0.3) is 0 Å². The largest absolute Gasteiger partial charge is 0.490 e. The summed E-state index contributed by atoms with van der Waals surface area (Å²) in [6.45, 7) is 3.21. The second-order valence-corrected chi connectivity index (χ2v) is 6.46. The van der Waals surface area contributed by atoms with E-state index in [2.05, 4.69) is 0 Å². The summed E-state index contributed by atoms with van der Waals surface area (Å²) >= 11 is 0. The molecular formula is C12H18N2O3S. The van der Waals surface area contributed by atoms with Crippen LogP contribution in [0.5, 0.6) is 5.75 Å². The molecule has 6 heteroatoms. The van der Waals surface area contributed by atoms with E-state index >= 15 is 0 Å². The highest BCUT2D eigenvalue weighted by Gasteiger charge is 2.35. The minimum absolute atomic E-state index is 0.137. The molecule has 0 spiro atoms. The lowest BCUT2D eigenvalue weighted by Gasteiger charge is -2.20. The quantitative estimate of drug-likeness (QED) is 0.878. The molecule has 2 N–H and O–H groups in total. The lowest BCUT2D eigenvalue weighted by Crippen LogP contribution is -2.26. The maximum atomic E-state index is 12.0. The minimum atomic E-state index is -3.21. The Labute approximate surface area is 108 Å². The second-order valence-electron chi connectivity index (χ2n) is 4.52. The van der Waals surface area contributed by atoms with E-state index in [1.54, 1.807) is 12.1 Å². The molecule has 1 fully saturated rings. The van der Waals surface area contributed by atoms with Gasteiger partial charge in [-0.05, 0) is 18.1 Å². The number of sulfonamides is 1. The van der Waals surface area contributed by atoms with Crippen LogP contribution in [-0.4, -0.2) is 33.9 Å². The van der Waals surface area contributed by atoms with Crippen molar-refractivity contribution in [3.63, 3.8) is 0 Å². The summed E-state index contributed by atoms with van der Waals surface area (Å²) < 4.78 is 31.0. The molecule has 1 aromatic rings. The number of ether oxygens (including phenoxy) is 1. The number of hydrogen-bond acceptors (Lipinski definition) is 4. The number of rotatable bonds is 4. The minimum Gasteiger partial charge on any atom is -0.490 e. The van der Waals surface area contributed by atoms with E-state index in [1.807, 2.05) is 19.1 Å². The number of benzene rings is 1. The van der Waals surface area contributed by atoms with E-state index in [9.17, 15) is 8.42 Å². The van der Waals surface area contributed by atoms with Crippen LogP contribution in [0, 0.1) is 5.92 Å². The van der Waals surface area contributed by atoms with E-state index in [1.165, 1.54) is 4.31 Å². The molecule has 1 aliphatic heterocycles. The van der Waals surface area contributed by atoms with Gasteiger partial charge in [-0.1, -0.05) is 19.1 Å². The molecule has 1 heterocycles. The molecule has 0 bridgehead atoms. The summed E-state index contributed by atoms with van der Waals surface area (Å²) in [5.74, 6) is 0.899. The number of nitrogens with zero attached hydrogens (tertiary/aromatic N) is 1. The first-order valence-corrected chi connectivity index (χ1v) is 7.58. The van der Waals surface area contributed by atoms with Crippen LogP contribution in [-0.2, 0) is 10.0 Å². The fourth-order valence-electron chi connectivity index (χ4n) is 2.10. The third-order valence-electron chi connectivity index (χ3n) is 2.82. The Morgan fingerprint density at radius 1 is 1.44 bits per heavy atom. The fourth-order valence-corrected chi connectivity index (χ4v) is 4.04. The first kappa shape index (κ1) is 13.2. The fraction of sp³-hybridized carbons (Fsp3) is 0.500. The zero-order valence-corrected chi connectivity index (χ0v) is 11.2. The topological polar surface area (TPSA) is 72.6 Å². The normalized spacial score (nSPS) is 22.1. The van der Waals surface area contributed by atoms with Crippen molar-refractivity contribution >= 4 is 15.7 Å². The average Bonchev–Trinajstić information content (AvgIpc) is 2.60.